The first-order chi connectivity index (χ1) is 19.2. The van der Waals surface area contributed by atoms with E-state index < -0.39 is 5.92 Å². The number of pyridine rings is 1. The maximum atomic E-state index is 13.0. The van der Waals surface area contributed by atoms with Crippen LogP contribution in [-0.2, 0) is 9.59 Å². The van der Waals surface area contributed by atoms with Crippen LogP contribution in [0.3, 0.4) is 0 Å². The lowest BCUT2D eigenvalue weighted by atomic mass is 9.89. The third kappa shape index (κ3) is 5.57. The largest absolute Gasteiger partial charge is 0.481 e. The van der Waals surface area contributed by atoms with Gasteiger partial charge in [-0.2, -0.15) is 0 Å². The fourth-order valence-electron chi connectivity index (χ4n) is 5.91. The molecule has 0 spiro atoms. The predicted molar refractivity (Wildman–Crippen MR) is 155 cm³/mol. The maximum absolute atomic E-state index is 13.0. The lowest BCUT2D eigenvalue weighted by Gasteiger charge is -2.32. The minimum atomic E-state index is -0.391. The standard InChI is InChI=1S/C32H36N4O4/c1-20-6-5-7-21(2)29(20)36-19-26(17-28(36)37)30(38)34-27-10-8-23(9-11-27)24-12-14-35(15-13-24)32(39)25-16-22(3)31(40-4)33-18-25/h5-11,16,18,24,26H,12-15,17,19H2,1-4H3,(H,34,38). The van der Waals surface area contributed by atoms with Crippen LogP contribution in [0, 0.1) is 26.7 Å². The number of aromatic nitrogens is 1. The van der Waals surface area contributed by atoms with Gasteiger partial charge in [0.1, 0.15) is 0 Å². The molecule has 1 atom stereocenters. The number of hydrogen-bond donors (Lipinski definition) is 1. The first-order valence-corrected chi connectivity index (χ1v) is 13.8. The van der Waals surface area contributed by atoms with Gasteiger partial charge >= 0.3 is 0 Å². The highest BCUT2D eigenvalue weighted by molar-refractivity contribution is 6.04. The number of amides is 3. The van der Waals surface area contributed by atoms with Crippen molar-refractivity contribution in [3.8, 4) is 5.88 Å². The van der Waals surface area contributed by atoms with Crippen molar-refractivity contribution in [2.75, 3.05) is 37.0 Å². The first kappa shape index (κ1) is 27.4. The van der Waals surface area contributed by atoms with Crippen molar-refractivity contribution in [2.24, 2.45) is 5.92 Å². The summed E-state index contributed by atoms with van der Waals surface area (Å²) >= 11 is 0. The van der Waals surface area contributed by atoms with Gasteiger partial charge in [-0.1, -0.05) is 30.3 Å². The van der Waals surface area contributed by atoms with Crippen LogP contribution in [0.4, 0.5) is 11.4 Å². The zero-order chi connectivity index (χ0) is 28.4. The van der Waals surface area contributed by atoms with Crippen LogP contribution in [-0.4, -0.2) is 54.3 Å². The Kier molecular flexibility index (Phi) is 7.87. The predicted octanol–water partition coefficient (Wildman–Crippen LogP) is 5.03. The molecule has 1 N–H and O–H groups in total. The van der Waals surface area contributed by atoms with E-state index in [2.05, 4.69) is 22.4 Å². The van der Waals surface area contributed by atoms with E-state index in [0.29, 0.717) is 37.0 Å². The van der Waals surface area contributed by atoms with E-state index >= 15 is 0 Å². The van der Waals surface area contributed by atoms with Gasteiger partial charge in [0, 0.05) is 49.2 Å². The third-order valence-electron chi connectivity index (χ3n) is 8.11. The Morgan fingerprint density at radius 3 is 2.27 bits per heavy atom. The highest BCUT2D eigenvalue weighted by atomic mass is 16.5. The summed E-state index contributed by atoms with van der Waals surface area (Å²) in [6.45, 7) is 7.61. The number of para-hydroxylation sites is 1. The van der Waals surface area contributed by atoms with E-state index in [1.807, 2.05) is 62.1 Å². The number of piperidine rings is 1. The molecule has 208 valence electrons. The van der Waals surface area contributed by atoms with Crippen molar-refractivity contribution < 1.29 is 19.1 Å². The second-order valence-electron chi connectivity index (χ2n) is 10.9. The summed E-state index contributed by atoms with van der Waals surface area (Å²) < 4.78 is 5.20. The summed E-state index contributed by atoms with van der Waals surface area (Å²) in [5.74, 6) is 0.337. The van der Waals surface area contributed by atoms with Crippen molar-refractivity contribution in [2.45, 2.75) is 46.0 Å². The van der Waals surface area contributed by atoms with Gasteiger partial charge < -0.3 is 19.9 Å². The average Bonchev–Trinajstić information content (AvgIpc) is 3.34. The number of anilines is 2. The van der Waals surface area contributed by atoms with Crippen LogP contribution in [0.15, 0.2) is 54.7 Å². The fourth-order valence-corrected chi connectivity index (χ4v) is 5.91. The zero-order valence-electron chi connectivity index (χ0n) is 23.6. The molecule has 0 aliphatic carbocycles. The molecule has 3 amide bonds. The minimum absolute atomic E-state index is 0.00342. The molecule has 2 aromatic carbocycles. The van der Waals surface area contributed by atoms with Gasteiger partial charge in [-0.3, -0.25) is 14.4 Å². The number of rotatable bonds is 6. The molecular formula is C32H36N4O4. The topological polar surface area (TPSA) is 91.8 Å². The summed E-state index contributed by atoms with van der Waals surface area (Å²) in [5.41, 5.74) is 6.33. The van der Waals surface area contributed by atoms with Crippen LogP contribution in [0.25, 0.3) is 0 Å². The molecule has 0 saturated carbocycles. The van der Waals surface area contributed by atoms with Crippen LogP contribution >= 0.6 is 0 Å². The highest BCUT2D eigenvalue weighted by Gasteiger charge is 2.36. The monoisotopic (exact) mass is 540 g/mol. The number of benzene rings is 2. The summed E-state index contributed by atoms with van der Waals surface area (Å²) in [4.78, 5) is 46.7. The number of likely N-dealkylation sites (tertiary alicyclic amines) is 1. The fraction of sp³-hybridized carbons (Fsp3) is 0.375. The third-order valence-corrected chi connectivity index (χ3v) is 8.11. The van der Waals surface area contributed by atoms with E-state index in [1.54, 1.807) is 18.2 Å². The summed E-state index contributed by atoms with van der Waals surface area (Å²) in [5, 5.41) is 3.00. The second-order valence-corrected chi connectivity index (χ2v) is 10.9. The molecule has 2 aliphatic heterocycles. The maximum Gasteiger partial charge on any atom is 0.255 e. The number of methoxy groups -OCH3 is 1. The number of aryl methyl sites for hydroxylation is 3. The van der Waals surface area contributed by atoms with Crippen LogP contribution in [0.5, 0.6) is 5.88 Å². The molecule has 2 saturated heterocycles. The number of hydrogen-bond acceptors (Lipinski definition) is 5. The Bertz CT molecular complexity index is 1410. The van der Waals surface area contributed by atoms with Gasteiger partial charge in [0.25, 0.3) is 5.91 Å². The van der Waals surface area contributed by atoms with E-state index in [4.69, 9.17) is 4.74 Å². The lowest BCUT2D eigenvalue weighted by molar-refractivity contribution is -0.122. The number of nitrogens with zero attached hydrogens (tertiary/aromatic N) is 3. The lowest BCUT2D eigenvalue weighted by Crippen LogP contribution is -2.38. The van der Waals surface area contributed by atoms with Crippen molar-refractivity contribution >= 4 is 29.1 Å². The van der Waals surface area contributed by atoms with Crippen LogP contribution in [0.2, 0.25) is 0 Å². The highest BCUT2D eigenvalue weighted by Crippen LogP contribution is 2.32. The molecule has 0 radical (unpaired) electrons. The van der Waals surface area contributed by atoms with Gasteiger partial charge in [-0.25, -0.2) is 4.98 Å². The number of ether oxygens (including phenoxy) is 1. The molecule has 5 rings (SSSR count). The van der Waals surface area contributed by atoms with Crippen molar-refractivity contribution in [3.63, 3.8) is 0 Å². The zero-order valence-corrected chi connectivity index (χ0v) is 23.6. The molecule has 1 aromatic heterocycles. The Hall–Kier alpha value is -4.20. The molecule has 40 heavy (non-hydrogen) atoms. The number of nitrogens with one attached hydrogen (secondary N) is 1. The Labute approximate surface area is 235 Å². The molecule has 2 aliphatic rings. The van der Waals surface area contributed by atoms with Crippen molar-refractivity contribution in [1.29, 1.82) is 0 Å². The average molecular weight is 541 g/mol. The molecular weight excluding hydrogens is 504 g/mol. The summed E-state index contributed by atoms with van der Waals surface area (Å²) in [7, 11) is 1.57. The Morgan fingerprint density at radius 1 is 0.975 bits per heavy atom. The van der Waals surface area contributed by atoms with Crippen LogP contribution in [0.1, 0.15) is 57.8 Å². The van der Waals surface area contributed by atoms with Crippen LogP contribution < -0.4 is 15.0 Å². The molecule has 0 bridgehead atoms. The van der Waals surface area contributed by atoms with E-state index in [0.717, 1.165) is 40.9 Å². The van der Waals surface area contributed by atoms with E-state index in [-0.39, 0.29) is 24.1 Å². The first-order valence-electron chi connectivity index (χ1n) is 13.8. The quantitative estimate of drug-likeness (QED) is 0.474. The van der Waals surface area contributed by atoms with Gasteiger partial charge in [0.2, 0.25) is 17.7 Å². The second kappa shape index (κ2) is 11.5. The van der Waals surface area contributed by atoms with E-state index in [1.165, 1.54) is 5.56 Å². The Morgan fingerprint density at radius 2 is 1.65 bits per heavy atom. The smallest absolute Gasteiger partial charge is 0.255 e. The number of carbonyl (C=O) groups is 3. The normalized spacial score (nSPS) is 17.7. The van der Waals surface area contributed by atoms with E-state index in [9.17, 15) is 14.4 Å². The molecule has 2 fully saturated rings. The molecule has 3 heterocycles. The molecule has 8 nitrogen and oxygen atoms in total. The molecule has 1 unspecified atom stereocenters. The molecule has 3 aromatic rings. The Balaban J connectivity index is 1.15. The van der Waals surface area contributed by atoms with Gasteiger partial charge in [0.15, 0.2) is 0 Å². The summed E-state index contributed by atoms with van der Waals surface area (Å²) in [6, 6.07) is 15.8. The SMILES string of the molecule is COc1ncc(C(=O)N2CCC(c3ccc(NC(=O)C4CC(=O)N(c5c(C)cccc5C)C4)cc3)CC2)cc1C. The number of carbonyl (C=O) groups excluding carboxylic acids is 3. The van der Waals surface area contributed by atoms with Gasteiger partial charge in [-0.05, 0) is 74.4 Å². The van der Waals surface area contributed by atoms with Gasteiger partial charge in [0.05, 0.1) is 18.6 Å². The summed E-state index contributed by atoms with van der Waals surface area (Å²) in [6.07, 6.45) is 3.54. The molecule has 8 heteroatoms. The van der Waals surface area contributed by atoms with Crippen molar-refractivity contribution in [1.82, 2.24) is 9.88 Å². The van der Waals surface area contributed by atoms with Gasteiger partial charge in [-0.15, -0.1) is 0 Å². The van der Waals surface area contributed by atoms with Crippen molar-refractivity contribution in [3.05, 3.63) is 82.5 Å². The minimum Gasteiger partial charge on any atom is -0.481 e.